The highest BCUT2D eigenvalue weighted by atomic mass is 16.7. The molecule has 1 fully saturated rings. The van der Waals surface area contributed by atoms with E-state index in [-0.39, 0.29) is 54.5 Å². The van der Waals surface area contributed by atoms with E-state index in [0.717, 1.165) is 22.4 Å². The highest BCUT2D eigenvalue weighted by molar-refractivity contribution is 5.79. The third-order valence-electron chi connectivity index (χ3n) is 7.28. The number of nitrogens with two attached hydrogens (primary N) is 1. The standard InChI is InChI=1S/C27H26N2O7/c1-32-21-7-13(8-22(33-2)26(21)30)23-16-9-19-20(36-12-35-19)10-17(16)25(18-11-34-27(31)24(18)23)29-15-5-3-14(28)4-6-15/h3-10,18,23-25,29-30H,11-12,28H2,1-2H3/t18-,23-,24-,25-/m0/s1. The van der Waals surface area contributed by atoms with E-state index in [1.807, 2.05) is 36.4 Å². The summed E-state index contributed by atoms with van der Waals surface area (Å²) in [5.41, 5.74) is 10.1. The van der Waals surface area contributed by atoms with Crippen LogP contribution >= 0.6 is 0 Å². The van der Waals surface area contributed by atoms with Crippen molar-refractivity contribution in [3.8, 4) is 28.7 Å². The molecule has 4 N–H and O–H groups in total. The Balaban J connectivity index is 1.55. The van der Waals surface area contributed by atoms with Gasteiger partial charge < -0.3 is 39.8 Å². The van der Waals surface area contributed by atoms with E-state index in [1.165, 1.54) is 14.2 Å². The van der Waals surface area contributed by atoms with Gasteiger partial charge in [-0.2, -0.15) is 0 Å². The Labute approximate surface area is 207 Å². The highest BCUT2D eigenvalue weighted by Crippen LogP contribution is 2.56. The zero-order valence-electron chi connectivity index (χ0n) is 19.8. The van der Waals surface area contributed by atoms with Gasteiger partial charge in [-0.25, -0.2) is 0 Å². The van der Waals surface area contributed by atoms with Gasteiger partial charge in [0.2, 0.25) is 12.5 Å². The van der Waals surface area contributed by atoms with Gasteiger partial charge in [-0.05, 0) is 65.2 Å². The lowest BCUT2D eigenvalue weighted by atomic mass is 9.65. The number of aromatic hydroxyl groups is 1. The Bertz CT molecular complexity index is 1320. The molecule has 3 aromatic carbocycles. The molecule has 0 aromatic heterocycles. The summed E-state index contributed by atoms with van der Waals surface area (Å²) in [6, 6.07) is 14.7. The molecule has 0 saturated carbocycles. The lowest BCUT2D eigenvalue weighted by Crippen LogP contribution is -2.37. The number of fused-ring (bicyclic) bond motifs is 3. The van der Waals surface area contributed by atoms with Gasteiger partial charge in [0, 0.05) is 23.2 Å². The summed E-state index contributed by atoms with van der Waals surface area (Å²) >= 11 is 0. The smallest absolute Gasteiger partial charge is 0.310 e. The zero-order chi connectivity index (χ0) is 25.0. The Morgan fingerprint density at radius 2 is 1.58 bits per heavy atom. The van der Waals surface area contributed by atoms with Gasteiger partial charge in [0.25, 0.3) is 0 Å². The van der Waals surface area contributed by atoms with E-state index < -0.39 is 5.92 Å². The Kier molecular flexibility index (Phi) is 5.21. The number of ether oxygens (including phenoxy) is 5. The number of phenolic OH excluding ortho intramolecular Hbond substituents is 1. The normalized spacial score (nSPS) is 23.4. The number of carbonyl (C=O) groups excluding carboxylic acids is 1. The fourth-order valence-electron chi connectivity index (χ4n) is 5.60. The van der Waals surface area contributed by atoms with Crippen LogP contribution in [0.3, 0.4) is 0 Å². The number of hydrogen-bond acceptors (Lipinski definition) is 9. The third kappa shape index (κ3) is 3.42. The summed E-state index contributed by atoms with van der Waals surface area (Å²) in [6.07, 6.45) is 0. The van der Waals surface area contributed by atoms with Crippen molar-refractivity contribution >= 4 is 17.3 Å². The molecule has 0 bridgehead atoms. The minimum Gasteiger partial charge on any atom is -0.502 e. The van der Waals surface area contributed by atoms with Gasteiger partial charge in [-0.1, -0.05) is 0 Å². The molecule has 6 rings (SSSR count). The van der Waals surface area contributed by atoms with Crippen LogP contribution in [0.25, 0.3) is 0 Å². The molecule has 0 spiro atoms. The van der Waals surface area contributed by atoms with Crippen molar-refractivity contribution in [1.29, 1.82) is 0 Å². The molecule has 2 heterocycles. The molecule has 2 aliphatic heterocycles. The molecular formula is C27H26N2O7. The molecule has 1 aliphatic carbocycles. The molecule has 3 aromatic rings. The van der Waals surface area contributed by atoms with E-state index in [2.05, 4.69) is 5.32 Å². The fourth-order valence-corrected chi connectivity index (χ4v) is 5.60. The number of cyclic esters (lactones) is 1. The first-order valence-electron chi connectivity index (χ1n) is 11.7. The topological polar surface area (TPSA) is 122 Å². The predicted molar refractivity (Wildman–Crippen MR) is 131 cm³/mol. The molecule has 0 radical (unpaired) electrons. The summed E-state index contributed by atoms with van der Waals surface area (Å²) < 4.78 is 27.9. The van der Waals surface area contributed by atoms with Gasteiger partial charge in [0.1, 0.15) is 0 Å². The van der Waals surface area contributed by atoms with Crippen molar-refractivity contribution in [3.05, 3.63) is 65.2 Å². The van der Waals surface area contributed by atoms with Crippen molar-refractivity contribution in [3.63, 3.8) is 0 Å². The van der Waals surface area contributed by atoms with Crippen LogP contribution in [-0.2, 0) is 9.53 Å². The van der Waals surface area contributed by atoms with E-state index in [0.29, 0.717) is 17.2 Å². The first-order chi connectivity index (χ1) is 17.5. The van der Waals surface area contributed by atoms with Gasteiger partial charge >= 0.3 is 5.97 Å². The van der Waals surface area contributed by atoms with Crippen molar-refractivity contribution in [1.82, 2.24) is 0 Å². The summed E-state index contributed by atoms with van der Waals surface area (Å²) in [5, 5.41) is 14.1. The molecule has 36 heavy (non-hydrogen) atoms. The number of methoxy groups -OCH3 is 2. The molecule has 9 nitrogen and oxygen atoms in total. The highest BCUT2D eigenvalue weighted by Gasteiger charge is 2.52. The molecule has 4 atom stereocenters. The minimum atomic E-state index is -0.483. The van der Waals surface area contributed by atoms with Gasteiger partial charge in [-0.15, -0.1) is 0 Å². The molecule has 9 heteroatoms. The van der Waals surface area contributed by atoms with Crippen LogP contribution in [-0.4, -0.2) is 38.7 Å². The number of carbonyl (C=O) groups is 1. The maximum atomic E-state index is 13.2. The van der Waals surface area contributed by atoms with Crippen molar-refractivity contribution in [2.24, 2.45) is 11.8 Å². The average molecular weight is 491 g/mol. The number of benzene rings is 3. The predicted octanol–water partition coefficient (Wildman–Crippen LogP) is 3.81. The van der Waals surface area contributed by atoms with Crippen molar-refractivity contribution in [2.45, 2.75) is 12.0 Å². The van der Waals surface area contributed by atoms with Crippen LogP contribution in [0, 0.1) is 11.8 Å². The van der Waals surface area contributed by atoms with Crippen LogP contribution in [0.15, 0.2) is 48.5 Å². The maximum Gasteiger partial charge on any atom is 0.310 e. The average Bonchev–Trinajstić information content (AvgIpc) is 3.51. The van der Waals surface area contributed by atoms with Gasteiger partial charge in [0.15, 0.2) is 23.0 Å². The molecule has 0 amide bonds. The number of esters is 1. The Hall–Kier alpha value is -4.27. The lowest BCUT2D eigenvalue weighted by Gasteiger charge is -2.40. The van der Waals surface area contributed by atoms with Crippen molar-refractivity contribution < 1.29 is 33.6 Å². The number of rotatable bonds is 5. The monoisotopic (exact) mass is 490 g/mol. The number of nitrogens with one attached hydrogen (secondary N) is 1. The third-order valence-corrected chi connectivity index (χ3v) is 7.28. The first-order valence-corrected chi connectivity index (χ1v) is 11.7. The van der Waals surface area contributed by atoms with Gasteiger partial charge in [0.05, 0.1) is 32.8 Å². The van der Waals surface area contributed by atoms with Crippen LogP contribution in [0.2, 0.25) is 0 Å². The summed E-state index contributed by atoms with van der Waals surface area (Å²) in [6.45, 7) is 0.404. The van der Waals surface area contributed by atoms with Crippen LogP contribution in [0.1, 0.15) is 28.7 Å². The largest absolute Gasteiger partial charge is 0.502 e. The zero-order valence-corrected chi connectivity index (χ0v) is 19.8. The molecule has 1 saturated heterocycles. The molecule has 3 aliphatic rings. The number of hydrogen-bond donors (Lipinski definition) is 3. The second-order valence-electron chi connectivity index (χ2n) is 9.15. The quantitative estimate of drug-likeness (QED) is 0.362. The van der Waals surface area contributed by atoms with E-state index >= 15 is 0 Å². The number of phenols is 1. The van der Waals surface area contributed by atoms with Crippen LogP contribution in [0.4, 0.5) is 11.4 Å². The maximum absolute atomic E-state index is 13.2. The van der Waals surface area contributed by atoms with Gasteiger partial charge in [-0.3, -0.25) is 4.79 Å². The summed E-state index contributed by atoms with van der Waals surface area (Å²) in [5.74, 6) is 0.383. The van der Waals surface area contributed by atoms with Crippen molar-refractivity contribution in [2.75, 3.05) is 38.7 Å². The Morgan fingerprint density at radius 3 is 2.22 bits per heavy atom. The van der Waals surface area contributed by atoms with Crippen LogP contribution < -0.4 is 30.0 Å². The second kappa shape index (κ2) is 8.44. The Morgan fingerprint density at radius 1 is 0.944 bits per heavy atom. The fraction of sp³-hybridized carbons (Fsp3) is 0.296. The molecule has 0 unspecified atom stereocenters. The van der Waals surface area contributed by atoms with Crippen LogP contribution in [0.5, 0.6) is 28.7 Å². The lowest BCUT2D eigenvalue weighted by molar-refractivity contribution is -0.141. The summed E-state index contributed by atoms with van der Waals surface area (Å²) in [7, 11) is 2.95. The van der Waals surface area contributed by atoms with E-state index in [4.69, 9.17) is 29.4 Å². The number of anilines is 2. The minimum absolute atomic E-state index is 0.0982. The molecular weight excluding hydrogens is 464 g/mol. The van der Waals surface area contributed by atoms with E-state index in [1.54, 1.807) is 12.1 Å². The first kappa shape index (κ1) is 22.2. The van der Waals surface area contributed by atoms with E-state index in [9.17, 15) is 9.90 Å². The number of nitrogen functional groups attached to an aromatic ring is 1. The summed E-state index contributed by atoms with van der Waals surface area (Å²) in [4.78, 5) is 13.2. The second-order valence-corrected chi connectivity index (χ2v) is 9.15. The molecule has 186 valence electrons. The SMILES string of the molecule is COc1cc([C@H]2c3cc4c(cc3[C@H](Nc3ccc(N)cc3)[C@H]3COC(=O)[C@H]23)OCO4)cc(OC)c1O.